The van der Waals surface area contributed by atoms with E-state index in [0.717, 1.165) is 11.1 Å². The standard InChI is InChI=1S/C21H18N2O3/c1-15(20-3-2-12-25-20)23-21(24)14-26-19-10-8-18(9-11-19)17-6-4-16(13-22)5-7-17/h2-12,15H,14H2,1H3,(H,23,24)/t15-/m0/s1. The molecule has 0 radical (unpaired) electrons. The minimum Gasteiger partial charge on any atom is -0.484 e. The lowest BCUT2D eigenvalue weighted by Crippen LogP contribution is -2.31. The third-order valence-electron chi connectivity index (χ3n) is 3.92. The van der Waals surface area contributed by atoms with Gasteiger partial charge in [0.25, 0.3) is 5.91 Å². The maximum absolute atomic E-state index is 12.0. The van der Waals surface area contributed by atoms with Gasteiger partial charge in [-0.25, -0.2) is 0 Å². The zero-order valence-corrected chi connectivity index (χ0v) is 14.3. The largest absolute Gasteiger partial charge is 0.484 e. The Balaban J connectivity index is 1.54. The average Bonchev–Trinajstić information content (AvgIpc) is 3.22. The van der Waals surface area contributed by atoms with E-state index in [1.165, 1.54) is 0 Å². The molecule has 0 saturated heterocycles. The third kappa shape index (κ3) is 4.31. The first-order valence-electron chi connectivity index (χ1n) is 8.22. The Kier molecular flexibility index (Phi) is 5.35. The summed E-state index contributed by atoms with van der Waals surface area (Å²) in [5.41, 5.74) is 2.65. The molecular weight excluding hydrogens is 328 g/mol. The number of hydrogen-bond acceptors (Lipinski definition) is 4. The lowest BCUT2D eigenvalue weighted by atomic mass is 10.0. The van der Waals surface area contributed by atoms with Gasteiger partial charge in [0.05, 0.1) is 23.9 Å². The second-order valence-electron chi connectivity index (χ2n) is 5.81. The molecule has 1 atom stereocenters. The molecule has 0 aliphatic rings. The highest BCUT2D eigenvalue weighted by Gasteiger charge is 2.12. The molecule has 1 aromatic heterocycles. The predicted molar refractivity (Wildman–Crippen MR) is 97.4 cm³/mol. The van der Waals surface area contributed by atoms with Gasteiger partial charge in [0.2, 0.25) is 0 Å². The molecule has 0 aliphatic carbocycles. The predicted octanol–water partition coefficient (Wildman–Crippen LogP) is 4.07. The summed E-state index contributed by atoms with van der Waals surface area (Å²) < 4.78 is 10.8. The number of rotatable bonds is 6. The van der Waals surface area contributed by atoms with E-state index in [9.17, 15) is 4.79 Å². The van der Waals surface area contributed by atoms with Crippen LogP contribution in [-0.2, 0) is 4.79 Å². The molecule has 5 heteroatoms. The van der Waals surface area contributed by atoms with E-state index in [0.29, 0.717) is 17.1 Å². The SMILES string of the molecule is C[C@H](NC(=O)COc1ccc(-c2ccc(C#N)cc2)cc1)c1ccco1. The lowest BCUT2D eigenvalue weighted by Gasteiger charge is -2.12. The molecule has 0 spiro atoms. The number of nitriles is 1. The van der Waals surface area contributed by atoms with E-state index >= 15 is 0 Å². The van der Waals surface area contributed by atoms with Gasteiger partial charge in [-0.15, -0.1) is 0 Å². The maximum atomic E-state index is 12.0. The number of carbonyl (C=O) groups is 1. The van der Waals surface area contributed by atoms with E-state index in [2.05, 4.69) is 11.4 Å². The fourth-order valence-electron chi connectivity index (χ4n) is 2.52. The van der Waals surface area contributed by atoms with Gasteiger partial charge < -0.3 is 14.5 Å². The number of benzene rings is 2. The zero-order chi connectivity index (χ0) is 18.4. The van der Waals surface area contributed by atoms with E-state index in [1.807, 2.05) is 49.4 Å². The van der Waals surface area contributed by atoms with Gasteiger partial charge >= 0.3 is 0 Å². The van der Waals surface area contributed by atoms with Gasteiger partial charge in [0, 0.05) is 0 Å². The fraction of sp³-hybridized carbons (Fsp3) is 0.143. The Labute approximate surface area is 151 Å². The quantitative estimate of drug-likeness (QED) is 0.730. The Morgan fingerprint density at radius 1 is 1.12 bits per heavy atom. The molecule has 1 heterocycles. The topological polar surface area (TPSA) is 75.3 Å². The lowest BCUT2D eigenvalue weighted by molar-refractivity contribution is -0.123. The highest BCUT2D eigenvalue weighted by molar-refractivity contribution is 5.78. The molecule has 0 saturated carbocycles. The van der Waals surface area contributed by atoms with Gasteiger partial charge in [-0.2, -0.15) is 5.26 Å². The van der Waals surface area contributed by atoms with Crippen LogP contribution in [0.3, 0.4) is 0 Å². The van der Waals surface area contributed by atoms with Crippen molar-refractivity contribution in [1.82, 2.24) is 5.32 Å². The molecule has 1 amide bonds. The summed E-state index contributed by atoms with van der Waals surface area (Å²) in [4.78, 5) is 12.0. The second kappa shape index (κ2) is 8.04. The van der Waals surface area contributed by atoms with E-state index in [4.69, 9.17) is 14.4 Å². The number of amides is 1. The molecule has 5 nitrogen and oxygen atoms in total. The van der Waals surface area contributed by atoms with Crippen LogP contribution in [0.2, 0.25) is 0 Å². The highest BCUT2D eigenvalue weighted by Crippen LogP contribution is 2.22. The van der Waals surface area contributed by atoms with Crippen molar-refractivity contribution in [3.05, 3.63) is 78.3 Å². The van der Waals surface area contributed by atoms with Crippen molar-refractivity contribution in [2.75, 3.05) is 6.61 Å². The van der Waals surface area contributed by atoms with Gasteiger partial charge in [0.15, 0.2) is 6.61 Å². The molecule has 0 aliphatic heterocycles. The number of ether oxygens (including phenoxy) is 1. The Bertz CT molecular complexity index is 892. The van der Waals surface area contributed by atoms with E-state index in [-0.39, 0.29) is 18.6 Å². The van der Waals surface area contributed by atoms with Crippen molar-refractivity contribution in [3.8, 4) is 22.9 Å². The Morgan fingerprint density at radius 2 is 1.77 bits per heavy atom. The summed E-state index contributed by atoms with van der Waals surface area (Å²) in [5, 5.41) is 11.7. The normalized spacial score (nSPS) is 11.4. The Hall–Kier alpha value is -3.52. The number of hydrogen-bond donors (Lipinski definition) is 1. The smallest absolute Gasteiger partial charge is 0.258 e. The summed E-state index contributed by atoms with van der Waals surface area (Å²) in [6.07, 6.45) is 1.57. The van der Waals surface area contributed by atoms with Crippen LogP contribution in [0.4, 0.5) is 0 Å². The van der Waals surface area contributed by atoms with Gasteiger partial charge in [-0.05, 0) is 54.4 Å². The second-order valence-corrected chi connectivity index (χ2v) is 5.81. The van der Waals surface area contributed by atoms with Crippen LogP contribution in [0.1, 0.15) is 24.3 Å². The first kappa shape index (κ1) is 17.3. The molecule has 1 N–H and O–H groups in total. The average molecular weight is 346 g/mol. The molecule has 130 valence electrons. The summed E-state index contributed by atoms with van der Waals surface area (Å²) in [5.74, 6) is 1.10. The van der Waals surface area contributed by atoms with Crippen molar-refractivity contribution in [1.29, 1.82) is 5.26 Å². The summed E-state index contributed by atoms with van der Waals surface area (Å²) in [6.45, 7) is 1.78. The molecular formula is C21H18N2O3. The van der Waals surface area contributed by atoms with Crippen LogP contribution in [0.5, 0.6) is 5.75 Å². The molecule has 26 heavy (non-hydrogen) atoms. The van der Waals surface area contributed by atoms with Gasteiger partial charge in [-0.3, -0.25) is 4.79 Å². The van der Waals surface area contributed by atoms with Crippen molar-refractivity contribution < 1.29 is 13.9 Å². The van der Waals surface area contributed by atoms with Crippen molar-refractivity contribution in [2.45, 2.75) is 13.0 Å². The molecule has 3 rings (SSSR count). The van der Waals surface area contributed by atoms with Crippen molar-refractivity contribution in [2.24, 2.45) is 0 Å². The summed E-state index contributed by atoms with van der Waals surface area (Å²) >= 11 is 0. The highest BCUT2D eigenvalue weighted by atomic mass is 16.5. The molecule has 3 aromatic rings. The van der Waals surface area contributed by atoms with E-state index in [1.54, 1.807) is 24.5 Å². The third-order valence-corrected chi connectivity index (χ3v) is 3.92. The molecule has 0 unspecified atom stereocenters. The molecule has 0 fully saturated rings. The van der Waals surface area contributed by atoms with Crippen LogP contribution in [0.25, 0.3) is 11.1 Å². The van der Waals surface area contributed by atoms with Crippen LogP contribution in [0, 0.1) is 11.3 Å². The van der Waals surface area contributed by atoms with Crippen LogP contribution >= 0.6 is 0 Å². The number of carbonyl (C=O) groups excluding carboxylic acids is 1. The summed E-state index contributed by atoms with van der Waals surface area (Å²) in [6, 6.07) is 20.3. The molecule has 2 aromatic carbocycles. The van der Waals surface area contributed by atoms with Crippen LogP contribution in [0.15, 0.2) is 71.3 Å². The van der Waals surface area contributed by atoms with Gasteiger partial charge in [-0.1, -0.05) is 24.3 Å². The Morgan fingerprint density at radius 3 is 2.35 bits per heavy atom. The summed E-state index contributed by atoms with van der Waals surface area (Å²) in [7, 11) is 0. The van der Waals surface area contributed by atoms with E-state index < -0.39 is 0 Å². The molecule has 0 bridgehead atoms. The van der Waals surface area contributed by atoms with Crippen molar-refractivity contribution >= 4 is 5.91 Å². The maximum Gasteiger partial charge on any atom is 0.258 e. The zero-order valence-electron chi connectivity index (χ0n) is 14.3. The van der Waals surface area contributed by atoms with Crippen LogP contribution in [-0.4, -0.2) is 12.5 Å². The van der Waals surface area contributed by atoms with Crippen molar-refractivity contribution in [3.63, 3.8) is 0 Å². The number of nitrogens with zero attached hydrogens (tertiary/aromatic N) is 1. The van der Waals surface area contributed by atoms with Gasteiger partial charge in [0.1, 0.15) is 11.5 Å². The first-order chi connectivity index (χ1) is 12.7. The monoisotopic (exact) mass is 346 g/mol. The number of furan rings is 1. The minimum absolute atomic E-state index is 0.0682. The number of nitrogens with one attached hydrogen (secondary N) is 1. The minimum atomic E-state index is -0.218. The fourth-order valence-corrected chi connectivity index (χ4v) is 2.52. The first-order valence-corrected chi connectivity index (χ1v) is 8.22. The van der Waals surface area contributed by atoms with Crippen LogP contribution < -0.4 is 10.1 Å².